The van der Waals surface area contributed by atoms with Crippen molar-refractivity contribution in [3.05, 3.63) is 64.6 Å². The molecule has 0 aliphatic rings. The summed E-state index contributed by atoms with van der Waals surface area (Å²) >= 11 is 0. The molecular weight excluding hydrogens is 382 g/mol. The number of phenolic OH excluding ortho intramolecular Hbond substituents is 1. The Morgan fingerprint density at radius 1 is 0.821 bits per heavy atom. The van der Waals surface area contributed by atoms with E-state index in [4.69, 9.17) is 4.12 Å². The highest BCUT2D eigenvalue weighted by molar-refractivity contribution is 6.84. The van der Waals surface area contributed by atoms with Crippen LogP contribution in [0.4, 0.5) is 5.69 Å². The lowest BCUT2D eigenvalue weighted by Gasteiger charge is -2.34. The van der Waals surface area contributed by atoms with Crippen molar-refractivity contribution in [2.24, 2.45) is 5.18 Å². The Morgan fingerprint density at radius 2 is 1.32 bits per heavy atom. The van der Waals surface area contributed by atoms with E-state index in [1.807, 2.05) is 36.4 Å². The summed E-state index contributed by atoms with van der Waals surface area (Å²) in [5, 5.41) is 13.0. The van der Waals surface area contributed by atoms with Crippen molar-refractivity contribution in [1.29, 1.82) is 0 Å². The van der Waals surface area contributed by atoms with Crippen LogP contribution in [0.2, 0.25) is 38.3 Å². The lowest BCUT2D eigenvalue weighted by molar-refractivity contribution is 0.467. The van der Waals surface area contributed by atoms with Crippen LogP contribution in [0.1, 0.15) is 24.0 Å². The highest BCUT2D eigenvalue weighted by Gasteiger charge is 2.32. The van der Waals surface area contributed by atoms with Crippen molar-refractivity contribution in [3.8, 4) is 5.75 Å². The second-order valence-electron chi connectivity index (χ2n) is 8.68. The molecule has 152 valence electrons. The Kier molecular flexibility index (Phi) is 8.15. The summed E-state index contributed by atoms with van der Waals surface area (Å²) in [5.74, 6) is 0.391. The number of aryl methyl sites for hydroxylation is 2. The molecule has 0 bridgehead atoms. The standard InChI is InChI=1S/C22H33NO3Si2/c1-27(2,17-9-13-19-11-5-7-15-21(19)23-25)26-28(3,4)18-10-14-20-12-6-8-16-22(20)24/h5-8,11-12,15-16,24H,9-10,13-14,17-18H2,1-4H3. The molecule has 0 atom stereocenters. The van der Waals surface area contributed by atoms with E-state index in [1.165, 1.54) is 0 Å². The van der Waals surface area contributed by atoms with Gasteiger partial charge in [-0.3, -0.25) is 0 Å². The van der Waals surface area contributed by atoms with E-state index in [0.717, 1.165) is 48.9 Å². The third-order valence-electron chi connectivity index (χ3n) is 5.08. The monoisotopic (exact) mass is 415 g/mol. The van der Waals surface area contributed by atoms with Crippen LogP contribution in [0.15, 0.2) is 53.7 Å². The van der Waals surface area contributed by atoms with E-state index in [2.05, 4.69) is 31.4 Å². The number of hydrogen-bond donors (Lipinski definition) is 1. The maximum absolute atomic E-state index is 10.9. The van der Waals surface area contributed by atoms with Crippen LogP contribution in [0.5, 0.6) is 5.75 Å². The van der Waals surface area contributed by atoms with Crippen LogP contribution in [-0.2, 0) is 17.0 Å². The van der Waals surface area contributed by atoms with Crippen molar-refractivity contribution >= 4 is 22.3 Å². The van der Waals surface area contributed by atoms with E-state index >= 15 is 0 Å². The van der Waals surface area contributed by atoms with Crippen molar-refractivity contribution in [2.45, 2.75) is 64.0 Å². The molecule has 2 aromatic carbocycles. The normalized spacial score (nSPS) is 12.1. The number of aromatic hydroxyl groups is 1. The molecule has 6 heteroatoms. The molecule has 0 unspecified atom stereocenters. The molecule has 0 spiro atoms. The molecular formula is C22H33NO3Si2. The molecule has 0 amide bonds. The zero-order chi connectivity index (χ0) is 20.6. The fourth-order valence-electron chi connectivity index (χ4n) is 3.79. The molecule has 0 aliphatic heterocycles. The van der Waals surface area contributed by atoms with Gasteiger partial charge in [-0.05, 0) is 92.4 Å². The summed E-state index contributed by atoms with van der Waals surface area (Å²) in [6.07, 6.45) is 3.83. The lowest BCUT2D eigenvalue weighted by atomic mass is 10.1. The predicted molar refractivity (Wildman–Crippen MR) is 122 cm³/mol. The smallest absolute Gasteiger partial charge is 0.173 e. The molecule has 2 aromatic rings. The van der Waals surface area contributed by atoms with Crippen LogP contribution in [0, 0.1) is 4.91 Å². The van der Waals surface area contributed by atoms with Gasteiger partial charge in [0.1, 0.15) is 11.4 Å². The highest BCUT2D eigenvalue weighted by Crippen LogP contribution is 2.27. The van der Waals surface area contributed by atoms with Gasteiger partial charge in [-0.15, -0.1) is 4.91 Å². The summed E-state index contributed by atoms with van der Waals surface area (Å²) in [7, 11) is -3.50. The summed E-state index contributed by atoms with van der Waals surface area (Å²) in [5.41, 5.74) is 2.61. The molecule has 4 nitrogen and oxygen atoms in total. The van der Waals surface area contributed by atoms with Crippen LogP contribution in [0.3, 0.4) is 0 Å². The number of nitroso groups, excluding NO2 is 1. The minimum absolute atomic E-state index is 0.391. The predicted octanol–water partition coefficient (Wildman–Crippen LogP) is 6.78. The van der Waals surface area contributed by atoms with Gasteiger partial charge in [0.2, 0.25) is 0 Å². The first-order valence-electron chi connectivity index (χ1n) is 10.1. The second kappa shape index (κ2) is 10.1. The van der Waals surface area contributed by atoms with Crippen LogP contribution in [-0.4, -0.2) is 21.7 Å². The van der Waals surface area contributed by atoms with Gasteiger partial charge in [-0.2, -0.15) is 0 Å². The molecule has 0 radical (unpaired) electrons. The van der Waals surface area contributed by atoms with Gasteiger partial charge in [0.25, 0.3) is 0 Å². The number of hydrogen-bond acceptors (Lipinski definition) is 4. The van der Waals surface area contributed by atoms with E-state index in [0.29, 0.717) is 11.4 Å². The van der Waals surface area contributed by atoms with Crippen molar-refractivity contribution in [3.63, 3.8) is 0 Å². The van der Waals surface area contributed by atoms with Crippen LogP contribution >= 0.6 is 0 Å². The fraction of sp³-hybridized carbons (Fsp3) is 0.455. The van der Waals surface area contributed by atoms with Crippen LogP contribution in [0.25, 0.3) is 0 Å². The Balaban J connectivity index is 1.80. The summed E-state index contributed by atoms with van der Waals surface area (Å²) in [6, 6.07) is 17.3. The van der Waals surface area contributed by atoms with Crippen molar-refractivity contribution in [1.82, 2.24) is 0 Å². The van der Waals surface area contributed by atoms with E-state index in [-0.39, 0.29) is 0 Å². The average Bonchev–Trinajstić information content (AvgIpc) is 2.62. The highest BCUT2D eigenvalue weighted by atomic mass is 28.4. The summed E-state index contributed by atoms with van der Waals surface area (Å²) < 4.78 is 6.72. The maximum atomic E-state index is 10.9. The Hall–Kier alpha value is -1.77. The molecule has 0 aliphatic carbocycles. The topological polar surface area (TPSA) is 58.9 Å². The Morgan fingerprint density at radius 3 is 1.89 bits per heavy atom. The number of para-hydroxylation sites is 1. The minimum Gasteiger partial charge on any atom is -0.508 e. The van der Waals surface area contributed by atoms with Gasteiger partial charge >= 0.3 is 0 Å². The first-order valence-corrected chi connectivity index (χ1v) is 16.3. The van der Waals surface area contributed by atoms with E-state index in [9.17, 15) is 10.0 Å². The van der Waals surface area contributed by atoms with Gasteiger partial charge < -0.3 is 9.22 Å². The summed E-state index contributed by atoms with van der Waals surface area (Å²) in [4.78, 5) is 10.9. The fourth-order valence-corrected chi connectivity index (χ4v) is 12.6. The van der Waals surface area contributed by atoms with Gasteiger partial charge in [0.05, 0.1) is 0 Å². The van der Waals surface area contributed by atoms with E-state index < -0.39 is 16.6 Å². The quantitative estimate of drug-likeness (QED) is 0.325. The molecule has 0 heterocycles. The molecule has 0 fully saturated rings. The van der Waals surface area contributed by atoms with Crippen molar-refractivity contribution in [2.75, 3.05) is 0 Å². The Bertz CT molecular complexity index is 778. The second-order valence-corrected chi connectivity index (χ2v) is 17.5. The lowest BCUT2D eigenvalue weighted by Crippen LogP contribution is -2.44. The zero-order valence-electron chi connectivity index (χ0n) is 17.6. The van der Waals surface area contributed by atoms with Gasteiger partial charge in [-0.1, -0.05) is 36.4 Å². The van der Waals surface area contributed by atoms with E-state index in [1.54, 1.807) is 12.1 Å². The number of phenols is 1. The Labute approximate surface area is 171 Å². The molecule has 2 rings (SSSR count). The maximum Gasteiger partial charge on any atom is 0.173 e. The number of nitrogens with zero attached hydrogens (tertiary/aromatic N) is 1. The third kappa shape index (κ3) is 7.33. The van der Waals surface area contributed by atoms with Crippen molar-refractivity contribution < 1.29 is 9.22 Å². The van der Waals surface area contributed by atoms with Gasteiger partial charge in [0.15, 0.2) is 16.6 Å². The number of rotatable bonds is 11. The first kappa shape index (κ1) is 22.5. The molecule has 28 heavy (non-hydrogen) atoms. The number of benzene rings is 2. The van der Waals surface area contributed by atoms with Crippen LogP contribution < -0.4 is 0 Å². The first-order chi connectivity index (χ1) is 13.2. The largest absolute Gasteiger partial charge is 0.508 e. The zero-order valence-corrected chi connectivity index (χ0v) is 19.6. The average molecular weight is 416 g/mol. The SMILES string of the molecule is C[Si](C)(CCCc1ccccc1O)O[Si](C)(C)CCCc1ccccc1N=O. The third-order valence-corrected chi connectivity index (χ3v) is 12.6. The molecule has 0 aromatic heterocycles. The molecule has 1 N–H and O–H groups in total. The molecule has 0 saturated heterocycles. The molecule has 0 saturated carbocycles. The minimum atomic E-state index is -1.76. The summed E-state index contributed by atoms with van der Waals surface area (Å²) in [6.45, 7) is 9.21. The van der Waals surface area contributed by atoms with Gasteiger partial charge in [0, 0.05) is 0 Å². The van der Waals surface area contributed by atoms with Gasteiger partial charge in [-0.25, -0.2) is 0 Å².